The molecule has 0 radical (unpaired) electrons. The molecule has 0 aliphatic heterocycles. The summed E-state index contributed by atoms with van der Waals surface area (Å²) < 4.78 is 5.51. The molecule has 0 amide bonds. The van der Waals surface area contributed by atoms with E-state index in [1.807, 2.05) is 30.3 Å². The van der Waals surface area contributed by atoms with Crippen molar-refractivity contribution >= 4 is 11.6 Å². The fourth-order valence-electron chi connectivity index (χ4n) is 1.59. The summed E-state index contributed by atoms with van der Waals surface area (Å²) in [5.74, 6) is 6.83. The molecule has 21 heavy (non-hydrogen) atoms. The van der Waals surface area contributed by atoms with Gasteiger partial charge in [0.1, 0.15) is 11.8 Å². The van der Waals surface area contributed by atoms with E-state index in [1.54, 1.807) is 6.07 Å². The number of rotatable bonds is 3. The highest BCUT2D eigenvalue weighted by atomic mass is 35.5. The van der Waals surface area contributed by atoms with E-state index in [0.29, 0.717) is 17.2 Å². The molecular formula is C17H13ClN2O. The van der Waals surface area contributed by atoms with Crippen molar-refractivity contribution in [3.05, 3.63) is 58.4 Å². The van der Waals surface area contributed by atoms with Crippen LogP contribution < -0.4 is 4.74 Å². The molecule has 1 aromatic heterocycles. The third-order valence-corrected chi connectivity index (χ3v) is 2.91. The van der Waals surface area contributed by atoms with Crippen LogP contribution in [0, 0.1) is 23.2 Å². The van der Waals surface area contributed by atoms with Gasteiger partial charge in [0.05, 0.1) is 11.6 Å². The Morgan fingerprint density at radius 3 is 2.52 bits per heavy atom. The number of aromatic nitrogens is 1. The molecule has 0 saturated carbocycles. The highest BCUT2D eigenvalue weighted by Gasteiger charge is 2.00. The van der Waals surface area contributed by atoms with Gasteiger partial charge in [0.15, 0.2) is 5.69 Å². The highest BCUT2D eigenvalue weighted by Crippen LogP contribution is 2.14. The largest absolute Gasteiger partial charge is 0.494 e. The molecule has 2 rings (SSSR count). The van der Waals surface area contributed by atoms with Crippen LogP contribution in [0.3, 0.4) is 0 Å². The molecular weight excluding hydrogens is 284 g/mol. The molecule has 2 aromatic rings. The summed E-state index contributed by atoms with van der Waals surface area (Å²) in [6, 6.07) is 11.1. The fourth-order valence-corrected chi connectivity index (χ4v) is 1.80. The van der Waals surface area contributed by atoms with E-state index in [1.165, 1.54) is 6.20 Å². The van der Waals surface area contributed by atoms with Gasteiger partial charge in [0.2, 0.25) is 0 Å². The summed E-state index contributed by atoms with van der Waals surface area (Å²) in [7, 11) is 0. The number of nitriles is 1. The molecule has 3 nitrogen and oxygen atoms in total. The molecule has 1 heterocycles. The van der Waals surface area contributed by atoms with Crippen LogP contribution in [0.25, 0.3) is 0 Å². The molecule has 0 spiro atoms. The molecule has 0 atom stereocenters. The van der Waals surface area contributed by atoms with Crippen LogP contribution in [0.2, 0.25) is 5.02 Å². The predicted molar refractivity (Wildman–Crippen MR) is 82.2 cm³/mol. The van der Waals surface area contributed by atoms with Gasteiger partial charge in [-0.25, -0.2) is 4.98 Å². The van der Waals surface area contributed by atoms with E-state index < -0.39 is 0 Å². The maximum absolute atomic E-state index is 8.76. The second kappa shape index (κ2) is 7.33. The Kier molecular flexibility index (Phi) is 5.21. The lowest BCUT2D eigenvalue weighted by molar-refractivity contribution is 0.317. The van der Waals surface area contributed by atoms with Crippen molar-refractivity contribution in [2.45, 2.75) is 13.3 Å². The van der Waals surface area contributed by atoms with Crippen LogP contribution in [0.15, 0.2) is 36.5 Å². The van der Waals surface area contributed by atoms with Crippen molar-refractivity contribution in [1.82, 2.24) is 4.98 Å². The Balaban J connectivity index is 2.12. The van der Waals surface area contributed by atoms with Gasteiger partial charge >= 0.3 is 0 Å². The van der Waals surface area contributed by atoms with E-state index >= 15 is 0 Å². The molecule has 1 aromatic carbocycles. The number of ether oxygens (including phenoxy) is 1. The van der Waals surface area contributed by atoms with Gasteiger partial charge in [-0.2, -0.15) is 5.26 Å². The monoisotopic (exact) mass is 296 g/mol. The van der Waals surface area contributed by atoms with Crippen LogP contribution >= 0.6 is 11.6 Å². The fraction of sp³-hybridized carbons (Fsp3) is 0.176. The third kappa shape index (κ3) is 4.24. The molecule has 0 fully saturated rings. The summed E-state index contributed by atoms with van der Waals surface area (Å²) in [6.45, 7) is 2.77. The van der Waals surface area contributed by atoms with Gasteiger partial charge in [0.25, 0.3) is 0 Å². The van der Waals surface area contributed by atoms with E-state index in [4.69, 9.17) is 21.6 Å². The van der Waals surface area contributed by atoms with Crippen molar-refractivity contribution in [2.24, 2.45) is 0 Å². The van der Waals surface area contributed by atoms with Gasteiger partial charge in [-0.1, -0.05) is 30.4 Å². The Bertz CT molecular complexity index is 721. The zero-order chi connectivity index (χ0) is 15.1. The van der Waals surface area contributed by atoms with Gasteiger partial charge in [-0.05, 0) is 36.8 Å². The van der Waals surface area contributed by atoms with Crippen LogP contribution in [-0.2, 0) is 0 Å². The maximum atomic E-state index is 8.76. The van der Waals surface area contributed by atoms with Crippen molar-refractivity contribution in [1.29, 1.82) is 5.26 Å². The van der Waals surface area contributed by atoms with Crippen molar-refractivity contribution in [3.8, 4) is 23.7 Å². The highest BCUT2D eigenvalue weighted by molar-refractivity contribution is 6.31. The zero-order valence-electron chi connectivity index (χ0n) is 11.6. The first kappa shape index (κ1) is 14.9. The lowest BCUT2D eigenvalue weighted by Gasteiger charge is -2.03. The molecule has 0 unspecified atom stereocenters. The first-order chi connectivity index (χ1) is 10.2. The number of benzene rings is 1. The number of hydrogen-bond donors (Lipinski definition) is 0. The van der Waals surface area contributed by atoms with Crippen LogP contribution in [-0.4, -0.2) is 11.6 Å². The Hall–Kier alpha value is -2.49. The average Bonchev–Trinajstić information content (AvgIpc) is 2.52. The SMILES string of the molecule is CCCOc1ccc(C#Cc2cnc(C#N)c(Cl)c2)cc1. The normalized spacial score (nSPS) is 9.38. The molecule has 0 aliphatic rings. The Labute approximate surface area is 129 Å². The van der Waals surface area contributed by atoms with Crippen LogP contribution in [0.5, 0.6) is 5.75 Å². The Morgan fingerprint density at radius 2 is 1.90 bits per heavy atom. The minimum absolute atomic E-state index is 0.208. The molecule has 0 aliphatic carbocycles. The standard InChI is InChI=1S/C17H13ClN2O/c1-2-9-21-15-7-5-13(6-8-15)3-4-14-10-16(18)17(11-19)20-12-14/h5-8,10,12H,2,9H2,1H3. The number of hydrogen-bond acceptors (Lipinski definition) is 3. The van der Waals surface area contributed by atoms with Crippen LogP contribution in [0.4, 0.5) is 0 Å². The first-order valence-electron chi connectivity index (χ1n) is 6.53. The van der Waals surface area contributed by atoms with Gasteiger partial charge in [-0.15, -0.1) is 0 Å². The second-order valence-electron chi connectivity index (χ2n) is 4.29. The van der Waals surface area contributed by atoms with Gasteiger partial charge in [0, 0.05) is 17.3 Å². The van der Waals surface area contributed by atoms with Crippen molar-refractivity contribution in [3.63, 3.8) is 0 Å². The maximum Gasteiger partial charge on any atom is 0.159 e. The van der Waals surface area contributed by atoms with Gasteiger partial charge in [-0.3, -0.25) is 0 Å². The third-order valence-electron chi connectivity index (χ3n) is 2.63. The van der Waals surface area contributed by atoms with Crippen LogP contribution in [0.1, 0.15) is 30.2 Å². The minimum atomic E-state index is 0.208. The topological polar surface area (TPSA) is 45.9 Å². The summed E-state index contributed by atoms with van der Waals surface area (Å²) >= 11 is 5.91. The predicted octanol–water partition coefficient (Wildman–Crippen LogP) is 3.80. The smallest absolute Gasteiger partial charge is 0.159 e. The zero-order valence-corrected chi connectivity index (χ0v) is 12.3. The summed E-state index contributed by atoms with van der Waals surface area (Å²) in [6.07, 6.45) is 2.52. The Morgan fingerprint density at radius 1 is 1.19 bits per heavy atom. The molecule has 0 N–H and O–H groups in total. The molecule has 104 valence electrons. The van der Waals surface area contributed by atoms with E-state index in [-0.39, 0.29) is 5.69 Å². The van der Waals surface area contributed by atoms with Crippen molar-refractivity contribution < 1.29 is 4.74 Å². The van der Waals surface area contributed by atoms with E-state index in [2.05, 4.69) is 23.7 Å². The lowest BCUT2D eigenvalue weighted by Crippen LogP contribution is -1.94. The minimum Gasteiger partial charge on any atom is -0.494 e. The number of halogens is 1. The molecule has 4 heteroatoms. The van der Waals surface area contributed by atoms with E-state index in [0.717, 1.165) is 17.7 Å². The second-order valence-corrected chi connectivity index (χ2v) is 4.70. The molecule has 0 saturated heterocycles. The summed E-state index contributed by atoms with van der Waals surface area (Å²) in [5, 5.41) is 9.07. The van der Waals surface area contributed by atoms with Crippen molar-refractivity contribution in [2.75, 3.05) is 6.61 Å². The lowest BCUT2D eigenvalue weighted by atomic mass is 10.2. The van der Waals surface area contributed by atoms with E-state index in [9.17, 15) is 0 Å². The molecule has 0 bridgehead atoms. The van der Waals surface area contributed by atoms with Gasteiger partial charge < -0.3 is 4.74 Å². The first-order valence-corrected chi connectivity index (χ1v) is 6.91. The quantitative estimate of drug-likeness (QED) is 0.809. The average molecular weight is 297 g/mol. The summed E-state index contributed by atoms with van der Waals surface area (Å²) in [4.78, 5) is 3.94. The number of nitrogens with zero attached hydrogens (tertiary/aromatic N) is 2. The number of pyridine rings is 1. The summed E-state index contributed by atoms with van der Waals surface area (Å²) in [5.41, 5.74) is 1.75.